The molecule has 3 heterocycles. The van der Waals surface area contributed by atoms with Crippen LogP contribution in [0.3, 0.4) is 0 Å². The first kappa shape index (κ1) is 7.81. The fourth-order valence-electron chi connectivity index (χ4n) is 1.24. The van der Waals surface area contributed by atoms with Gasteiger partial charge in [-0.05, 0) is 12.1 Å². The lowest BCUT2D eigenvalue weighted by Crippen LogP contribution is -2.11. The molecule has 2 aromatic heterocycles. The predicted molar refractivity (Wildman–Crippen MR) is 51.4 cm³/mol. The first-order valence-corrected chi connectivity index (χ1v) is 5.06. The van der Waals surface area contributed by atoms with Crippen molar-refractivity contribution in [2.45, 2.75) is 5.16 Å². The Kier molecular flexibility index (Phi) is 1.66. The summed E-state index contributed by atoms with van der Waals surface area (Å²) in [5.41, 5.74) is 0.910. The fraction of sp³-hybridized carbons (Fsp3) is 0.125. The van der Waals surface area contributed by atoms with Crippen molar-refractivity contribution in [1.29, 1.82) is 0 Å². The summed E-state index contributed by atoms with van der Waals surface area (Å²) >= 11 is 1.60. The van der Waals surface area contributed by atoms with Crippen LogP contribution in [0.2, 0.25) is 0 Å². The number of rotatable bonds is 1. The highest BCUT2D eigenvalue weighted by Gasteiger charge is 2.16. The zero-order valence-corrected chi connectivity index (χ0v) is 7.94. The van der Waals surface area contributed by atoms with Gasteiger partial charge in [0.05, 0.1) is 6.26 Å². The van der Waals surface area contributed by atoms with Crippen molar-refractivity contribution in [3.8, 4) is 0 Å². The van der Waals surface area contributed by atoms with E-state index in [4.69, 9.17) is 4.42 Å². The number of thioether (sulfide) groups is 1. The molecule has 0 radical (unpaired) electrons. The lowest BCUT2D eigenvalue weighted by atomic mass is 10.3. The smallest absolute Gasteiger partial charge is 0.212 e. The predicted octanol–water partition coefficient (Wildman–Crippen LogP) is 1.23. The van der Waals surface area contributed by atoms with Crippen LogP contribution in [0, 0.1) is 0 Å². The summed E-state index contributed by atoms with van der Waals surface area (Å²) in [7, 11) is 0. The molecule has 1 aliphatic rings. The molecule has 0 unspecified atom stereocenters. The van der Waals surface area contributed by atoms with Crippen molar-refractivity contribution in [3.05, 3.63) is 30.5 Å². The Bertz CT molecular complexity index is 473. The van der Waals surface area contributed by atoms with Crippen LogP contribution >= 0.6 is 11.8 Å². The number of aromatic nitrogens is 3. The Hall–Kier alpha value is -1.56. The van der Waals surface area contributed by atoms with Gasteiger partial charge in [-0.25, -0.2) is 0 Å². The lowest BCUT2D eigenvalue weighted by Gasteiger charge is -2.09. The maximum Gasteiger partial charge on any atom is 0.212 e. The van der Waals surface area contributed by atoms with Gasteiger partial charge in [0.25, 0.3) is 0 Å². The summed E-state index contributed by atoms with van der Waals surface area (Å²) in [4.78, 5) is 0. The topological polar surface area (TPSA) is 56.2 Å². The quantitative estimate of drug-likeness (QED) is 0.704. The minimum absolute atomic E-state index is 0.770. The molecule has 6 heteroatoms. The van der Waals surface area contributed by atoms with Crippen molar-refractivity contribution in [3.63, 3.8) is 0 Å². The molecule has 0 spiro atoms. The van der Waals surface area contributed by atoms with Crippen molar-refractivity contribution < 1.29 is 4.42 Å². The van der Waals surface area contributed by atoms with E-state index in [9.17, 15) is 0 Å². The Balaban J connectivity index is 2.05. The number of hydrogen-bond acceptors (Lipinski definition) is 5. The van der Waals surface area contributed by atoms with E-state index < -0.39 is 0 Å². The van der Waals surface area contributed by atoms with E-state index in [2.05, 4.69) is 15.3 Å². The molecular weight excluding hydrogens is 200 g/mol. The molecule has 0 N–H and O–H groups in total. The van der Waals surface area contributed by atoms with Crippen LogP contribution < -0.4 is 0 Å². The third-order valence-corrected chi connectivity index (χ3v) is 2.82. The van der Waals surface area contributed by atoms with Crippen LogP contribution in [0.5, 0.6) is 0 Å². The number of furan rings is 1. The zero-order chi connectivity index (χ0) is 9.38. The van der Waals surface area contributed by atoms with Gasteiger partial charge in [0.15, 0.2) is 5.76 Å². The van der Waals surface area contributed by atoms with Crippen molar-refractivity contribution in [2.75, 3.05) is 5.75 Å². The van der Waals surface area contributed by atoms with Gasteiger partial charge < -0.3 is 4.42 Å². The molecule has 0 bridgehead atoms. The standard InChI is InChI=1S/C8H6N4OS/c1-2-7(13-3-1)6-4-14-8-10-9-5-12(8)11-6/h1-3,5H,4H2. The van der Waals surface area contributed by atoms with Crippen LogP contribution in [-0.4, -0.2) is 26.3 Å². The number of fused-ring (bicyclic) bond motifs is 1. The van der Waals surface area contributed by atoms with E-state index >= 15 is 0 Å². The summed E-state index contributed by atoms with van der Waals surface area (Å²) < 4.78 is 6.93. The van der Waals surface area contributed by atoms with Crippen LogP contribution in [-0.2, 0) is 0 Å². The van der Waals surface area contributed by atoms with Gasteiger partial charge in [-0.2, -0.15) is 9.78 Å². The van der Waals surface area contributed by atoms with Gasteiger partial charge in [0.1, 0.15) is 12.0 Å². The summed E-state index contributed by atoms with van der Waals surface area (Å²) in [5, 5.41) is 12.8. The van der Waals surface area contributed by atoms with Crippen LogP contribution in [0.1, 0.15) is 5.76 Å². The summed E-state index contributed by atoms with van der Waals surface area (Å²) in [6, 6.07) is 3.75. The van der Waals surface area contributed by atoms with Crippen LogP contribution in [0.15, 0.2) is 39.4 Å². The van der Waals surface area contributed by atoms with E-state index in [0.29, 0.717) is 0 Å². The molecule has 0 atom stereocenters. The molecule has 3 rings (SSSR count). The van der Waals surface area contributed by atoms with Crippen LogP contribution in [0.4, 0.5) is 0 Å². The number of nitrogens with zero attached hydrogens (tertiary/aromatic N) is 4. The second kappa shape index (κ2) is 2.98. The van der Waals surface area contributed by atoms with E-state index in [-0.39, 0.29) is 0 Å². The van der Waals surface area contributed by atoms with Gasteiger partial charge in [-0.15, -0.1) is 10.2 Å². The summed E-state index contributed by atoms with van der Waals surface area (Å²) in [6.07, 6.45) is 3.23. The zero-order valence-electron chi connectivity index (χ0n) is 7.12. The molecule has 14 heavy (non-hydrogen) atoms. The molecule has 0 amide bonds. The highest BCUT2D eigenvalue weighted by Crippen LogP contribution is 2.21. The number of hydrogen-bond donors (Lipinski definition) is 0. The van der Waals surface area contributed by atoms with E-state index in [1.54, 1.807) is 29.0 Å². The highest BCUT2D eigenvalue weighted by molar-refractivity contribution is 7.99. The molecule has 2 aromatic rings. The maximum absolute atomic E-state index is 5.27. The molecule has 0 aliphatic carbocycles. The molecule has 0 saturated heterocycles. The van der Waals surface area contributed by atoms with E-state index in [0.717, 1.165) is 22.4 Å². The third-order valence-electron chi connectivity index (χ3n) is 1.87. The molecule has 0 fully saturated rings. The van der Waals surface area contributed by atoms with Gasteiger partial charge in [0.2, 0.25) is 5.16 Å². The maximum atomic E-state index is 5.27. The Morgan fingerprint density at radius 1 is 1.50 bits per heavy atom. The van der Waals surface area contributed by atoms with Gasteiger partial charge in [-0.1, -0.05) is 11.8 Å². The fourth-order valence-corrected chi connectivity index (χ4v) is 2.03. The lowest BCUT2D eigenvalue weighted by molar-refractivity contribution is 0.555. The summed E-state index contributed by atoms with van der Waals surface area (Å²) in [5.74, 6) is 1.57. The second-order valence-corrected chi connectivity index (χ2v) is 3.71. The third kappa shape index (κ3) is 1.15. The SMILES string of the molecule is c1coc(C2=Nn3cnnc3SC2)c1. The minimum atomic E-state index is 0.770. The van der Waals surface area contributed by atoms with Gasteiger partial charge in [0, 0.05) is 5.75 Å². The molecular formula is C8H6N4OS. The van der Waals surface area contributed by atoms with Gasteiger partial charge >= 0.3 is 0 Å². The molecule has 0 aromatic carbocycles. The van der Waals surface area contributed by atoms with E-state index in [1.165, 1.54) is 0 Å². The largest absolute Gasteiger partial charge is 0.463 e. The van der Waals surface area contributed by atoms with Crippen molar-refractivity contribution >= 4 is 17.5 Å². The molecule has 0 saturated carbocycles. The van der Waals surface area contributed by atoms with Crippen molar-refractivity contribution in [2.24, 2.45) is 5.10 Å². The first-order chi connectivity index (χ1) is 6.93. The van der Waals surface area contributed by atoms with Crippen molar-refractivity contribution in [1.82, 2.24) is 14.9 Å². The van der Waals surface area contributed by atoms with Gasteiger partial charge in [-0.3, -0.25) is 0 Å². The Labute approximate surface area is 83.8 Å². The molecule has 5 nitrogen and oxygen atoms in total. The average molecular weight is 206 g/mol. The van der Waals surface area contributed by atoms with Crippen LogP contribution in [0.25, 0.3) is 0 Å². The average Bonchev–Trinajstić information content (AvgIpc) is 2.88. The monoisotopic (exact) mass is 206 g/mol. The first-order valence-electron chi connectivity index (χ1n) is 4.08. The van der Waals surface area contributed by atoms with E-state index in [1.807, 2.05) is 12.1 Å². The molecule has 1 aliphatic heterocycles. The molecule has 70 valence electrons. The minimum Gasteiger partial charge on any atom is -0.463 e. The Morgan fingerprint density at radius 2 is 2.50 bits per heavy atom. The summed E-state index contributed by atoms with van der Waals surface area (Å²) in [6.45, 7) is 0. The Morgan fingerprint density at radius 3 is 3.36 bits per heavy atom. The second-order valence-electron chi connectivity index (χ2n) is 2.77. The normalized spacial score (nSPS) is 15.0. The highest BCUT2D eigenvalue weighted by atomic mass is 32.2.